The van der Waals surface area contributed by atoms with Gasteiger partial charge in [0.15, 0.2) is 11.6 Å². The topological polar surface area (TPSA) is 52.6 Å². The maximum Gasteiger partial charge on any atom is 0.195 e. The zero-order valence-electron chi connectivity index (χ0n) is 17.7. The van der Waals surface area contributed by atoms with Gasteiger partial charge < -0.3 is 9.47 Å². The van der Waals surface area contributed by atoms with Crippen molar-refractivity contribution >= 4 is 11.6 Å². The normalized spacial score (nSPS) is 12.2. The molecule has 1 aliphatic carbocycles. The molecule has 0 bridgehead atoms. The van der Waals surface area contributed by atoms with Crippen LogP contribution in [0.15, 0.2) is 84.9 Å². The van der Waals surface area contributed by atoms with Gasteiger partial charge in [0.1, 0.15) is 11.5 Å². The van der Waals surface area contributed by atoms with E-state index < -0.39 is 0 Å². The molecule has 0 aliphatic heterocycles. The first-order valence-corrected chi connectivity index (χ1v) is 10.3. The van der Waals surface area contributed by atoms with Gasteiger partial charge in [-0.05, 0) is 46.5 Å². The fraction of sp³-hybridized carbons (Fsp3) is 0.0714. The summed E-state index contributed by atoms with van der Waals surface area (Å²) >= 11 is 0. The molecule has 156 valence electrons. The summed E-state index contributed by atoms with van der Waals surface area (Å²) in [4.78, 5) is 27.3. The molecule has 4 aromatic carbocycles. The molecule has 0 atom stereocenters. The highest BCUT2D eigenvalue weighted by Gasteiger charge is 2.34. The van der Waals surface area contributed by atoms with E-state index in [1.54, 1.807) is 38.5 Å². The lowest BCUT2D eigenvalue weighted by Crippen LogP contribution is -2.22. The van der Waals surface area contributed by atoms with Crippen LogP contribution in [0.3, 0.4) is 0 Å². The van der Waals surface area contributed by atoms with E-state index in [1.807, 2.05) is 60.7 Å². The van der Waals surface area contributed by atoms with Gasteiger partial charge in [0.2, 0.25) is 0 Å². The predicted molar refractivity (Wildman–Crippen MR) is 124 cm³/mol. The fourth-order valence-corrected chi connectivity index (χ4v) is 4.25. The minimum absolute atomic E-state index is 0.142. The summed E-state index contributed by atoms with van der Waals surface area (Å²) in [5.74, 6) is 1.17. The molecule has 0 radical (unpaired) electrons. The van der Waals surface area contributed by atoms with E-state index in [1.165, 1.54) is 0 Å². The first-order chi connectivity index (χ1) is 15.6. The van der Waals surface area contributed by atoms with Gasteiger partial charge in [-0.2, -0.15) is 0 Å². The summed E-state index contributed by atoms with van der Waals surface area (Å²) in [5, 5.41) is 0. The molecule has 32 heavy (non-hydrogen) atoms. The van der Waals surface area contributed by atoms with E-state index in [9.17, 15) is 9.59 Å². The third-order valence-electron chi connectivity index (χ3n) is 5.88. The molecule has 1 aliphatic rings. The Labute approximate surface area is 186 Å². The number of hydrogen-bond acceptors (Lipinski definition) is 4. The van der Waals surface area contributed by atoms with Crippen LogP contribution in [0.4, 0.5) is 0 Å². The molecular formula is C28H20O4. The van der Waals surface area contributed by atoms with Gasteiger partial charge >= 0.3 is 0 Å². The first-order valence-electron chi connectivity index (χ1n) is 10.3. The number of ether oxygens (including phenoxy) is 2. The van der Waals surface area contributed by atoms with Crippen LogP contribution in [0.2, 0.25) is 0 Å². The lowest BCUT2D eigenvalue weighted by Gasteiger charge is -2.23. The molecule has 0 spiro atoms. The highest BCUT2D eigenvalue weighted by Crippen LogP contribution is 2.40. The number of rotatable bonds is 4. The number of fused-ring (bicyclic) bond motifs is 2. The second-order valence-electron chi connectivity index (χ2n) is 7.57. The van der Waals surface area contributed by atoms with Gasteiger partial charge in [0.25, 0.3) is 0 Å². The summed E-state index contributed by atoms with van der Waals surface area (Å²) < 4.78 is 10.5. The van der Waals surface area contributed by atoms with Gasteiger partial charge in [0.05, 0.1) is 14.2 Å². The minimum atomic E-state index is -0.142. The van der Waals surface area contributed by atoms with Crippen molar-refractivity contribution in [1.82, 2.24) is 0 Å². The van der Waals surface area contributed by atoms with E-state index >= 15 is 0 Å². The van der Waals surface area contributed by atoms with E-state index in [0.29, 0.717) is 22.3 Å². The van der Waals surface area contributed by atoms with Gasteiger partial charge in [-0.25, -0.2) is 0 Å². The lowest BCUT2D eigenvalue weighted by molar-refractivity contribution is 0.0980. The van der Waals surface area contributed by atoms with Gasteiger partial charge in [-0.3, -0.25) is 9.59 Å². The van der Waals surface area contributed by atoms with E-state index in [4.69, 9.17) is 9.47 Å². The quantitative estimate of drug-likeness (QED) is 0.368. The molecule has 4 heteroatoms. The van der Waals surface area contributed by atoms with Crippen LogP contribution < -0.4 is 9.47 Å². The maximum atomic E-state index is 13.7. The molecule has 0 fully saturated rings. The van der Waals surface area contributed by atoms with Crippen molar-refractivity contribution < 1.29 is 19.1 Å². The summed E-state index contributed by atoms with van der Waals surface area (Å²) in [5.41, 5.74) is 4.91. The minimum Gasteiger partial charge on any atom is -0.497 e. The number of methoxy groups -OCH3 is 2. The summed E-state index contributed by atoms with van der Waals surface area (Å²) in [7, 11) is 3.22. The van der Waals surface area contributed by atoms with E-state index in [0.717, 1.165) is 33.8 Å². The van der Waals surface area contributed by atoms with Crippen molar-refractivity contribution in [3.63, 3.8) is 0 Å². The number of benzene rings is 4. The maximum absolute atomic E-state index is 13.7. The third-order valence-corrected chi connectivity index (χ3v) is 5.88. The van der Waals surface area contributed by atoms with Crippen molar-refractivity contribution in [2.45, 2.75) is 0 Å². The van der Waals surface area contributed by atoms with Crippen molar-refractivity contribution in [3.8, 4) is 33.8 Å². The number of hydrogen-bond donors (Lipinski definition) is 0. The van der Waals surface area contributed by atoms with Crippen molar-refractivity contribution in [1.29, 1.82) is 0 Å². The summed E-state index contributed by atoms with van der Waals surface area (Å²) in [6.07, 6.45) is 0. The molecule has 0 aromatic heterocycles. The monoisotopic (exact) mass is 420 g/mol. The van der Waals surface area contributed by atoms with E-state index in [2.05, 4.69) is 0 Å². The van der Waals surface area contributed by atoms with Gasteiger partial charge in [-0.1, -0.05) is 60.7 Å². The zero-order chi connectivity index (χ0) is 22.2. The van der Waals surface area contributed by atoms with Crippen LogP contribution in [0, 0.1) is 0 Å². The van der Waals surface area contributed by atoms with Crippen molar-refractivity contribution in [2.24, 2.45) is 0 Å². The largest absolute Gasteiger partial charge is 0.497 e. The molecule has 0 N–H and O–H groups in total. The van der Waals surface area contributed by atoms with Crippen molar-refractivity contribution in [2.75, 3.05) is 14.2 Å². The Morgan fingerprint density at radius 1 is 0.469 bits per heavy atom. The SMILES string of the molecule is COc1ccc(-c2ccc(-c3ccc(OC)cc3)c3c2C(=O)c2ccccc2C3=O)cc1. The van der Waals surface area contributed by atoms with Crippen LogP contribution in [-0.4, -0.2) is 25.8 Å². The third kappa shape index (κ3) is 3.08. The Hall–Kier alpha value is -4.18. The Balaban J connectivity index is 1.78. The molecule has 0 saturated heterocycles. The molecule has 0 unspecified atom stereocenters. The van der Waals surface area contributed by atoms with Gasteiger partial charge in [0, 0.05) is 22.3 Å². The number of carbonyl (C=O) groups excluding carboxylic acids is 2. The second kappa shape index (κ2) is 7.82. The Morgan fingerprint density at radius 2 is 0.844 bits per heavy atom. The zero-order valence-corrected chi connectivity index (χ0v) is 17.7. The molecule has 0 heterocycles. The standard InChI is InChI=1S/C28H20O4/c1-31-19-11-7-17(8-12-19)21-15-16-22(18-9-13-20(32-2)14-10-18)26-25(21)27(29)23-5-3-4-6-24(23)28(26)30/h3-16H,1-2H3. The first kappa shape index (κ1) is 19.8. The Kier molecular flexibility index (Phi) is 4.83. The van der Waals surface area contributed by atoms with Crippen LogP contribution >= 0.6 is 0 Å². The Morgan fingerprint density at radius 3 is 1.19 bits per heavy atom. The average molecular weight is 420 g/mol. The number of ketones is 2. The highest BCUT2D eigenvalue weighted by atomic mass is 16.5. The molecular weight excluding hydrogens is 400 g/mol. The van der Waals surface area contributed by atoms with Gasteiger partial charge in [-0.15, -0.1) is 0 Å². The molecule has 4 nitrogen and oxygen atoms in total. The molecule has 4 aromatic rings. The molecule has 5 rings (SSSR count). The smallest absolute Gasteiger partial charge is 0.195 e. The predicted octanol–water partition coefficient (Wildman–Crippen LogP) is 5.81. The lowest BCUT2D eigenvalue weighted by atomic mass is 9.77. The van der Waals surface area contributed by atoms with E-state index in [-0.39, 0.29) is 11.6 Å². The number of carbonyl (C=O) groups is 2. The van der Waals surface area contributed by atoms with Crippen LogP contribution in [0.5, 0.6) is 11.5 Å². The summed E-state index contributed by atoms with van der Waals surface area (Å²) in [6, 6.07) is 25.9. The van der Waals surface area contributed by atoms with Crippen LogP contribution in [-0.2, 0) is 0 Å². The Bertz CT molecular complexity index is 1240. The average Bonchev–Trinajstić information content (AvgIpc) is 2.86. The van der Waals surface area contributed by atoms with Crippen LogP contribution in [0.1, 0.15) is 31.8 Å². The highest BCUT2D eigenvalue weighted by molar-refractivity contribution is 6.32. The summed E-state index contributed by atoms with van der Waals surface area (Å²) in [6.45, 7) is 0. The van der Waals surface area contributed by atoms with Crippen LogP contribution in [0.25, 0.3) is 22.3 Å². The second-order valence-corrected chi connectivity index (χ2v) is 7.57. The van der Waals surface area contributed by atoms with Crippen molar-refractivity contribution in [3.05, 3.63) is 107 Å². The molecule has 0 amide bonds. The molecule has 0 saturated carbocycles. The fourth-order valence-electron chi connectivity index (χ4n) is 4.25.